The van der Waals surface area contributed by atoms with Crippen molar-refractivity contribution in [2.45, 2.75) is 173 Å². The van der Waals surface area contributed by atoms with E-state index < -0.39 is 116 Å². The highest BCUT2D eigenvalue weighted by molar-refractivity contribution is 5.98. The fourth-order valence-corrected chi connectivity index (χ4v) is 10.3. The molecule has 17 heteroatoms. The van der Waals surface area contributed by atoms with Gasteiger partial charge in [-0.15, -0.1) is 5.10 Å². The standard InChI is InChI=1S/C50H76N4O13/c1-13-37-32(25-63-49-47(62-12)46(61-11)43(59)29(5)65-49)20-26(2)21-34-39(36(55)23-38(56)66-37)45(67-48-44(60)40(53(9)10)42(58)28(4)64-48)31(22-27(3)41(34)57)18-19-54-24-35(51-52-54)30-14-16-33(17-15-30)50(6,7)8/h14-17,20-21,24,27-29,31-32,36-37,39-40,42-49,55,58-60H,13,18-19,22-23,25H2,1-12H3/b26-20+,34-21+/t27-,28-,29?,31+,32-,36-,37-,39+,40?,42?,43?,44?,45+,46?,47?,48+,49?/m1/s1. The van der Waals surface area contributed by atoms with Gasteiger partial charge in [0.25, 0.3) is 0 Å². The largest absolute Gasteiger partial charge is 0.462 e. The van der Waals surface area contributed by atoms with Crippen LogP contribution in [0.3, 0.4) is 0 Å². The minimum Gasteiger partial charge on any atom is -0.462 e. The second-order valence-corrected chi connectivity index (χ2v) is 20.3. The normalized spacial score (nSPS) is 38.5. The summed E-state index contributed by atoms with van der Waals surface area (Å²) in [6.07, 6.45) is -5.22. The molecule has 1 saturated carbocycles. The highest BCUT2D eigenvalue weighted by Gasteiger charge is 2.51. The highest BCUT2D eigenvalue weighted by Crippen LogP contribution is 2.42. The molecule has 374 valence electrons. The van der Waals surface area contributed by atoms with Crippen LogP contribution in [0.25, 0.3) is 11.3 Å². The van der Waals surface area contributed by atoms with Crippen molar-refractivity contribution in [3.05, 3.63) is 59.3 Å². The zero-order valence-electron chi connectivity index (χ0n) is 41.4. The molecule has 17 nitrogen and oxygen atoms in total. The van der Waals surface area contributed by atoms with Crippen molar-refractivity contribution < 1.29 is 63.2 Å². The molecule has 1 aromatic heterocycles. The third-order valence-electron chi connectivity index (χ3n) is 14.1. The van der Waals surface area contributed by atoms with Crippen molar-refractivity contribution in [1.29, 1.82) is 0 Å². The summed E-state index contributed by atoms with van der Waals surface area (Å²) in [5, 5.41) is 55.0. The zero-order chi connectivity index (χ0) is 49.1. The number of rotatable bonds is 13. The first kappa shape index (κ1) is 52.9. The number of esters is 1. The van der Waals surface area contributed by atoms with E-state index in [2.05, 4.69) is 43.2 Å². The summed E-state index contributed by atoms with van der Waals surface area (Å²) in [6.45, 7) is 15.9. The van der Waals surface area contributed by atoms with Crippen LogP contribution in [-0.4, -0.2) is 167 Å². The Bertz CT molecular complexity index is 2020. The lowest BCUT2D eigenvalue weighted by Gasteiger charge is -2.46. The predicted molar refractivity (Wildman–Crippen MR) is 247 cm³/mol. The van der Waals surface area contributed by atoms with Gasteiger partial charge in [0.1, 0.15) is 36.2 Å². The quantitative estimate of drug-likeness (QED) is 0.209. The van der Waals surface area contributed by atoms with E-state index in [-0.39, 0.29) is 23.4 Å². The van der Waals surface area contributed by atoms with Crippen LogP contribution in [0.2, 0.25) is 0 Å². The van der Waals surface area contributed by atoms with Crippen molar-refractivity contribution in [3.63, 3.8) is 0 Å². The van der Waals surface area contributed by atoms with Gasteiger partial charge in [0.2, 0.25) is 0 Å². The molecule has 6 rings (SSSR count). The predicted octanol–water partition coefficient (Wildman–Crippen LogP) is 3.98. The number of hydrogen-bond donors (Lipinski definition) is 4. The summed E-state index contributed by atoms with van der Waals surface area (Å²) in [6, 6.07) is 7.50. The van der Waals surface area contributed by atoms with Gasteiger partial charge >= 0.3 is 5.97 Å². The second kappa shape index (κ2) is 22.5. The van der Waals surface area contributed by atoms with Crippen LogP contribution in [-0.2, 0) is 54.7 Å². The van der Waals surface area contributed by atoms with E-state index >= 15 is 0 Å². The van der Waals surface area contributed by atoms with Gasteiger partial charge in [0, 0.05) is 49.7 Å². The topological polar surface area (TPSA) is 214 Å². The molecule has 0 bridgehead atoms. The van der Waals surface area contributed by atoms with E-state index in [9.17, 15) is 30.0 Å². The van der Waals surface area contributed by atoms with Gasteiger partial charge < -0.3 is 58.5 Å². The summed E-state index contributed by atoms with van der Waals surface area (Å²) in [5.74, 6) is -3.47. The summed E-state index contributed by atoms with van der Waals surface area (Å²) >= 11 is 0. The molecular formula is C50H76N4O13. The molecule has 2 saturated heterocycles. The molecule has 0 spiro atoms. The molecule has 4 aliphatic rings. The fourth-order valence-electron chi connectivity index (χ4n) is 10.3. The smallest absolute Gasteiger partial charge is 0.308 e. The maximum atomic E-state index is 14.8. The number of carbonyl (C=O) groups excluding carboxylic acids is 2. The third kappa shape index (κ3) is 12.1. The fraction of sp³-hybridized carbons (Fsp3) is 0.720. The second-order valence-electron chi connectivity index (χ2n) is 20.3. The van der Waals surface area contributed by atoms with Crippen LogP contribution >= 0.6 is 0 Å². The van der Waals surface area contributed by atoms with Gasteiger partial charge in [-0.05, 0) is 71.0 Å². The van der Waals surface area contributed by atoms with Crippen LogP contribution in [0.1, 0.15) is 86.6 Å². The molecule has 1 aromatic carbocycles. The number of methoxy groups -OCH3 is 2. The molecule has 2 aromatic rings. The van der Waals surface area contributed by atoms with Crippen molar-refractivity contribution in [3.8, 4) is 11.3 Å². The van der Waals surface area contributed by atoms with E-state index in [1.165, 1.54) is 19.8 Å². The Kier molecular flexibility index (Phi) is 17.8. The number of Topliss-reactive ketones (excluding diaryl/α,β-unsaturated/α-hetero) is 1. The average Bonchev–Trinajstić information content (AvgIpc) is 3.72. The number of ketones is 1. The van der Waals surface area contributed by atoms with Gasteiger partial charge in [-0.3, -0.25) is 14.3 Å². The number of hydrogen-bond acceptors (Lipinski definition) is 16. The van der Waals surface area contributed by atoms with Crippen LogP contribution < -0.4 is 0 Å². The number of aryl methyl sites for hydroxylation is 1. The van der Waals surface area contributed by atoms with Gasteiger partial charge in [-0.2, -0.15) is 0 Å². The lowest BCUT2D eigenvalue weighted by molar-refractivity contribution is -0.304. The zero-order valence-corrected chi connectivity index (χ0v) is 41.4. The van der Waals surface area contributed by atoms with E-state index in [0.717, 1.165) is 5.56 Å². The summed E-state index contributed by atoms with van der Waals surface area (Å²) in [5.41, 5.74) is 3.75. The van der Waals surface area contributed by atoms with Gasteiger partial charge in [-0.1, -0.05) is 81.8 Å². The van der Waals surface area contributed by atoms with Gasteiger partial charge in [0.15, 0.2) is 18.4 Å². The third-order valence-corrected chi connectivity index (χ3v) is 14.1. The monoisotopic (exact) mass is 941 g/mol. The molecule has 3 aliphatic heterocycles. The molecule has 3 fully saturated rings. The highest BCUT2D eigenvalue weighted by atomic mass is 16.7. The Morgan fingerprint density at radius 2 is 1.55 bits per heavy atom. The number of likely N-dealkylation sites (N-methyl/N-ethyl adjacent to an activating group) is 1. The molecule has 17 atom stereocenters. The van der Waals surface area contributed by atoms with Crippen molar-refractivity contribution in [2.75, 3.05) is 34.9 Å². The molecule has 4 N–H and O–H groups in total. The van der Waals surface area contributed by atoms with E-state index in [4.69, 9.17) is 33.2 Å². The number of cyclic esters (lactones) is 1. The Morgan fingerprint density at radius 3 is 2.18 bits per heavy atom. The molecule has 1 aliphatic carbocycles. The Balaban J connectivity index is 1.37. The SMILES string of the molecule is CC[C@H]1OC(=O)C[C@@H](O)[C@@H]2/C(=C\C(C)=C\[C@@H]1COC1OC(C)C(O)C(OC)C1OC)C(=O)[C@H](C)C[C@H](CCn1cc(-c3ccc(C(C)(C)C)cc3)nn1)[C@@H]2O[C@@H]1O[C@H](C)C(O)C(N(C)C)C1O. The average molecular weight is 941 g/mol. The summed E-state index contributed by atoms with van der Waals surface area (Å²) < 4.78 is 44.6. The number of benzene rings is 1. The minimum absolute atomic E-state index is 0.00324. The molecule has 4 heterocycles. The number of fused-ring (bicyclic) bond motifs is 1. The van der Waals surface area contributed by atoms with Crippen LogP contribution in [0, 0.1) is 23.7 Å². The molecule has 8 unspecified atom stereocenters. The van der Waals surface area contributed by atoms with Gasteiger partial charge in [0.05, 0.1) is 55.8 Å². The Labute approximate surface area is 395 Å². The number of aliphatic hydroxyl groups excluding tert-OH is 4. The Morgan fingerprint density at radius 1 is 0.896 bits per heavy atom. The lowest BCUT2D eigenvalue weighted by Crippen LogP contribution is -2.63. The van der Waals surface area contributed by atoms with E-state index in [1.807, 2.05) is 45.2 Å². The number of aromatic nitrogens is 3. The summed E-state index contributed by atoms with van der Waals surface area (Å²) in [4.78, 5) is 30.6. The van der Waals surface area contributed by atoms with Crippen molar-refractivity contribution >= 4 is 11.8 Å². The lowest BCUT2D eigenvalue weighted by atomic mass is 9.79. The maximum Gasteiger partial charge on any atom is 0.308 e. The number of carbonyl (C=O) groups is 2. The molecule has 67 heavy (non-hydrogen) atoms. The van der Waals surface area contributed by atoms with Crippen LogP contribution in [0.4, 0.5) is 0 Å². The molecule has 0 radical (unpaired) electrons. The number of aliphatic hydroxyl groups is 4. The summed E-state index contributed by atoms with van der Waals surface area (Å²) in [7, 11) is 6.47. The Hall–Kier alpha value is -3.46. The van der Waals surface area contributed by atoms with Crippen molar-refractivity contribution in [1.82, 2.24) is 19.9 Å². The molecular weight excluding hydrogens is 865 g/mol. The van der Waals surface area contributed by atoms with E-state index in [0.29, 0.717) is 37.1 Å². The first-order chi connectivity index (χ1) is 31.7. The van der Waals surface area contributed by atoms with Gasteiger partial charge in [-0.25, -0.2) is 0 Å². The minimum atomic E-state index is -1.46. The maximum absolute atomic E-state index is 14.8. The number of allylic oxidation sites excluding steroid dienone is 2. The van der Waals surface area contributed by atoms with Crippen LogP contribution in [0.5, 0.6) is 0 Å². The first-order valence-electron chi connectivity index (χ1n) is 23.8. The van der Waals surface area contributed by atoms with E-state index in [1.54, 1.807) is 43.6 Å². The van der Waals surface area contributed by atoms with Crippen molar-refractivity contribution in [2.24, 2.45) is 23.7 Å². The van der Waals surface area contributed by atoms with Crippen LogP contribution in [0.15, 0.2) is 53.8 Å². The number of ether oxygens (including phenoxy) is 7. The first-order valence-corrected chi connectivity index (χ1v) is 23.8. The number of nitrogens with zero attached hydrogens (tertiary/aromatic N) is 4. The molecule has 0 amide bonds.